The van der Waals surface area contributed by atoms with E-state index < -0.39 is 0 Å². The molecule has 0 saturated carbocycles. The summed E-state index contributed by atoms with van der Waals surface area (Å²) in [5.41, 5.74) is 6.22. The second-order valence-electron chi connectivity index (χ2n) is 2.27. The molecule has 0 aliphatic carbocycles. The van der Waals surface area contributed by atoms with Crippen molar-refractivity contribution in [2.75, 3.05) is 0 Å². The molecule has 4 nitrogen and oxygen atoms in total. The van der Waals surface area contributed by atoms with Gasteiger partial charge in [-0.1, -0.05) is 0 Å². The van der Waals surface area contributed by atoms with E-state index in [9.17, 15) is 0 Å². The van der Waals surface area contributed by atoms with Gasteiger partial charge in [-0.25, -0.2) is 9.97 Å². The van der Waals surface area contributed by atoms with E-state index in [4.69, 9.17) is 5.73 Å². The second kappa shape index (κ2) is 2.32. The van der Waals surface area contributed by atoms with Gasteiger partial charge in [0, 0.05) is 17.8 Å². The van der Waals surface area contributed by atoms with Crippen LogP contribution in [0, 0.1) is 0 Å². The van der Waals surface area contributed by atoms with Crippen LogP contribution in [0.4, 0.5) is 0 Å². The summed E-state index contributed by atoms with van der Waals surface area (Å²) >= 11 is 0. The number of nitrogens with one attached hydrogen (secondary N) is 1. The number of aromatic nitrogens is 3. The topological polar surface area (TPSA) is 67.6 Å². The lowest BCUT2D eigenvalue weighted by Crippen LogP contribution is -2.01. The number of hydrogen-bond donors (Lipinski definition) is 2. The molecule has 0 saturated heterocycles. The summed E-state index contributed by atoms with van der Waals surface area (Å²) in [5, 5.41) is 1.02. The lowest BCUT2D eigenvalue weighted by Gasteiger charge is -1.92. The van der Waals surface area contributed by atoms with E-state index in [0.717, 1.165) is 11.0 Å². The fourth-order valence-electron chi connectivity index (χ4n) is 0.974. The van der Waals surface area contributed by atoms with Crippen molar-refractivity contribution in [1.29, 1.82) is 0 Å². The first-order chi connectivity index (χ1) is 5.40. The van der Waals surface area contributed by atoms with Crippen molar-refractivity contribution in [3.05, 3.63) is 24.3 Å². The lowest BCUT2D eigenvalue weighted by atomic mass is 10.4. The molecule has 11 heavy (non-hydrogen) atoms. The van der Waals surface area contributed by atoms with Crippen LogP contribution in [0.25, 0.3) is 11.0 Å². The van der Waals surface area contributed by atoms with Gasteiger partial charge < -0.3 is 10.7 Å². The van der Waals surface area contributed by atoms with Crippen molar-refractivity contribution < 1.29 is 0 Å². The molecule has 3 N–H and O–H groups in total. The molecule has 0 atom stereocenters. The van der Waals surface area contributed by atoms with E-state index in [2.05, 4.69) is 15.0 Å². The predicted molar refractivity (Wildman–Crippen MR) is 41.8 cm³/mol. The number of aromatic amines is 1. The fraction of sp³-hybridized carbons (Fsp3) is 0.143. The van der Waals surface area contributed by atoms with Gasteiger partial charge in [0.15, 0.2) is 0 Å². The Morgan fingerprint density at radius 2 is 2.45 bits per heavy atom. The van der Waals surface area contributed by atoms with Crippen LogP contribution in [0.5, 0.6) is 0 Å². The molecule has 0 amide bonds. The molecule has 0 spiro atoms. The summed E-state index contributed by atoms with van der Waals surface area (Å²) in [5.74, 6) is 0.667. The van der Waals surface area contributed by atoms with E-state index in [-0.39, 0.29) is 0 Å². The minimum absolute atomic E-state index is 0.384. The first kappa shape index (κ1) is 6.30. The molecular formula is C7H8N4. The van der Waals surface area contributed by atoms with Crippen molar-refractivity contribution in [3.63, 3.8) is 0 Å². The highest BCUT2D eigenvalue weighted by atomic mass is 14.9. The van der Waals surface area contributed by atoms with E-state index in [1.54, 1.807) is 6.20 Å². The highest BCUT2D eigenvalue weighted by Crippen LogP contribution is 2.06. The molecule has 0 bridgehead atoms. The average Bonchev–Trinajstić information content (AvgIpc) is 2.50. The van der Waals surface area contributed by atoms with E-state index in [1.807, 2.05) is 12.3 Å². The Hall–Kier alpha value is -1.42. The highest BCUT2D eigenvalue weighted by Gasteiger charge is 1.96. The van der Waals surface area contributed by atoms with Crippen LogP contribution >= 0.6 is 0 Å². The Bertz CT molecular complexity index is 365. The van der Waals surface area contributed by atoms with Gasteiger partial charge in [-0.15, -0.1) is 0 Å². The van der Waals surface area contributed by atoms with Crippen LogP contribution in [-0.4, -0.2) is 15.0 Å². The normalized spacial score (nSPS) is 10.6. The number of rotatable bonds is 1. The monoisotopic (exact) mass is 148 g/mol. The molecule has 2 aromatic heterocycles. The maximum absolute atomic E-state index is 5.37. The van der Waals surface area contributed by atoms with E-state index >= 15 is 0 Å². The Kier molecular flexibility index (Phi) is 1.33. The SMILES string of the molecule is NCc1ncc2cc[nH]c2n1. The molecule has 0 radical (unpaired) electrons. The molecule has 56 valence electrons. The van der Waals surface area contributed by atoms with Crippen LogP contribution < -0.4 is 5.73 Å². The number of nitrogens with zero attached hydrogens (tertiary/aromatic N) is 2. The zero-order valence-corrected chi connectivity index (χ0v) is 5.91. The largest absolute Gasteiger partial charge is 0.346 e. The third-order valence-corrected chi connectivity index (χ3v) is 1.53. The molecule has 2 heterocycles. The molecule has 0 fully saturated rings. The van der Waals surface area contributed by atoms with E-state index in [1.165, 1.54) is 0 Å². The Labute approximate surface area is 63.5 Å². The van der Waals surface area contributed by atoms with Gasteiger partial charge in [0.25, 0.3) is 0 Å². The molecule has 0 aliphatic heterocycles. The van der Waals surface area contributed by atoms with Crippen molar-refractivity contribution in [3.8, 4) is 0 Å². The van der Waals surface area contributed by atoms with Crippen LogP contribution in [0.1, 0.15) is 5.82 Å². The molecule has 0 aromatic carbocycles. The molecule has 0 aliphatic rings. The first-order valence-electron chi connectivity index (χ1n) is 3.39. The smallest absolute Gasteiger partial charge is 0.144 e. The minimum atomic E-state index is 0.384. The molecule has 0 unspecified atom stereocenters. The third-order valence-electron chi connectivity index (χ3n) is 1.53. The minimum Gasteiger partial charge on any atom is -0.346 e. The van der Waals surface area contributed by atoms with Gasteiger partial charge in [-0.05, 0) is 6.07 Å². The molecule has 2 rings (SSSR count). The number of fused-ring (bicyclic) bond motifs is 1. The van der Waals surface area contributed by atoms with Crippen LogP contribution in [0.15, 0.2) is 18.5 Å². The predicted octanol–water partition coefficient (Wildman–Crippen LogP) is 0.417. The maximum atomic E-state index is 5.37. The summed E-state index contributed by atoms with van der Waals surface area (Å²) in [4.78, 5) is 11.2. The lowest BCUT2D eigenvalue weighted by molar-refractivity contribution is 0.923. The van der Waals surface area contributed by atoms with Gasteiger partial charge in [0.1, 0.15) is 11.5 Å². The van der Waals surface area contributed by atoms with Gasteiger partial charge in [-0.2, -0.15) is 0 Å². The number of H-pyrrole nitrogens is 1. The van der Waals surface area contributed by atoms with Crippen molar-refractivity contribution in [1.82, 2.24) is 15.0 Å². The summed E-state index contributed by atoms with van der Waals surface area (Å²) < 4.78 is 0. The zero-order valence-electron chi connectivity index (χ0n) is 5.91. The van der Waals surface area contributed by atoms with Crippen LogP contribution in [0.2, 0.25) is 0 Å². The molecule has 2 aromatic rings. The summed E-state index contributed by atoms with van der Waals surface area (Å²) in [6, 6.07) is 1.93. The summed E-state index contributed by atoms with van der Waals surface area (Å²) in [6.07, 6.45) is 3.60. The van der Waals surface area contributed by atoms with Crippen molar-refractivity contribution in [2.24, 2.45) is 5.73 Å². The Balaban J connectivity index is 2.67. The summed E-state index contributed by atoms with van der Waals surface area (Å²) in [6.45, 7) is 0.384. The average molecular weight is 148 g/mol. The van der Waals surface area contributed by atoms with Crippen LogP contribution in [-0.2, 0) is 6.54 Å². The fourth-order valence-corrected chi connectivity index (χ4v) is 0.974. The number of hydrogen-bond acceptors (Lipinski definition) is 3. The Morgan fingerprint density at radius 1 is 1.55 bits per heavy atom. The van der Waals surface area contributed by atoms with Gasteiger partial charge in [-0.3, -0.25) is 0 Å². The second-order valence-corrected chi connectivity index (χ2v) is 2.27. The van der Waals surface area contributed by atoms with Gasteiger partial charge in [0.2, 0.25) is 0 Å². The standard InChI is InChI=1S/C7H8N4/c8-3-6-10-4-5-1-2-9-7(5)11-6/h1-2,4H,3,8H2,(H,9,10,11). The highest BCUT2D eigenvalue weighted by molar-refractivity contribution is 5.73. The van der Waals surface area contributed by atoms with Crippen molar-refractivity contribution >= 4 is 11.0 Å². The van der Waals surface area contributed by atoms with Gasteiger partial charge in [0.05, 0.1) is 6.54 Å². The summed E-state index contributed by atoms with van der Waals surface area (Å²) in [7, 11) is 0. The number of nitrogens with two attached hydrogens (primary N) is 1. The van der Waals surface area contributed by atoms with Crippen molar-refractivity contribution in [2.45, 2.75) is 6.54 Å². The first-order valence-corrected chi connectivity index (χ1v) is 3.39. The van der Waals surface area contributed by atoms with Gasteiger partial charge >= 0.3 is 0 Å². The van der Waals surface area contributed by atoms with Crippen LogP contribution in [0.3, 0.4) is 0 Å². The van der Waals surface area contributed by atoms with E-state index in [0.29, 0.717) is 12.4 Å². The maximum Gasteiger partial charge on any atom is 0.144 e. The molecular weight excluding hydrogens is 140 g/mol. The zero-order chi connectivity index (χ0) is 7.68. The Morgan fingerprint density at radius 3 is 3.27 bits per heavy atom. The quantitative estimate of drug-likeness (QED) is 0.615. The third kappa shape index (κ3) is 0.969. The molecule has 4 heteroatoms.